The maximum Gasteiger partial charge on any atom is 0.122 e. The Hall–Kier alpha value is -1.24. The van der Waals surface area contributed by atoms with E-state index in [1.807, 2.05) is 0 Å². The van der Waals surface area contributed by atoms with Crippen molar-refractivity contribution in [1.82, 2.24) is 0 Å². The minimum absolute atomic E-state index is 0.539. The Kier molecular flexibility index (Phi) is 4.60. The largest absolute Gasteiger partial charge is 0.489 e. The first-order valence-electron chi connectivity index (χ1n) is 5.94. The van der Waals surface area contributed by atoms with Crippen LogP contribution in [0.2, 0.25) is 0 Å². The van der Waals surface area contributed by atoms with Gasteiger partial charge in [0, 0.05) is 0 Å². The van der Waals surface area contributed by atoms with Crippen molar-refractivity contribution in [3.05, 3.63) is 41.5 Å². The lowest BCUT2D eigenvalue weighted by atomic mass is 10.0. The van der Waals surface area contributed by atoms with Gasteiger partial charge in [-0.15, -0.1) is 0 Å². The Morgan fingerprint density at radius 3 is 2.62 bits per heavy atom. The molecule has 1 heteroatoms. The molecular weight excluding hydrogens is 196 g/mol. The van der Waals surface area contributed by atoms with E-state index in [-0.39, 0.29) is 0 Å². The van der Waals surface area contributed by atoms with E-state index in [0.717, 1.165) is 17.7 Å². The van der Waals surface area contributed by atoms with Crippen LogP contribution in [0.1, 0.15) is 44.2 Å². The van der Waals surface area contributed by atoms with Gasteiger partial charge in [0.15, 0.2) is 0 Å². The zero-order valence-electron chi connectivity index (χ0n) is 10.8. The van der Waals surface area contributed by atoms with E-state index in [2.05, 4.69) is 52.5 Å². The van der Waals surface area contributed by atoms with Crippen molar-refractivity contribution in [3.8, 4) is 5.75 Å². The minimum Gasteiger partial charge on any atom is -0.489 e. The Balaban J connectivity index is 2.78. The number of hydrogen-bond acceptors (Lipinski definition) is 1. The van der Waals surface area contributed by atoms with E-state index in [1.54, 1.807) is 0 Å². The van der Waals surface area contributed by atoms with Crippen LogP contribution in [-0.4, -0.2) is 6.61 Å². The maximum atomic E-state index is 5.78. The van der Waals surface area contributed by atoms with Crippen LogP contribution in [0.5, 0.6) is 5.75 Å². The second kappa shape index (κ2) is 5.74. The number of ether oxygens (including phenoxy) is 1. The predicted molar refractivity (Wildman–Crippen MR) is 70.2 cm³/mol. The maximum absolute atomic E-state index is 5.78. The van der Waals surface area contributed by atoms with Gasteiger partial charge < -0.3 is 4.74 Å². The molecular formula is C15H22O. The summed E-state index contributed by atoms with van der Waals surface area (Å²) in [6, 6.07) is 6.43. The Morgan fingerprint density at radius 2 is 2.06 bits per heavy atom. The van der Waals surface area contributed by atoms with E-state index >= 15 is 0 Å². The highest BCUT2D eigenvalue weighted by atomic mass is 16.5. The molecule has 0 heterocycles. The lowest BCUT2D eigenvalue weighted by molar-refractivity contribution is 0.346. The molecule has 88 valence electrons. The van der Waals surface area contributed by atoms with Crippen molar-refractivity contribution in [1.29, 1.82) is 0 Å². The highest BCUT2D eigenvalue weighted by Crippen LogP contribution is 2.24. The fourth-order valence-corrected chi connectivity index (χ4v) is 1.41. The van der Waals surface area contributed by atoms with Crippen LogP contribution in [-0.2, 0) is 0 Å². The SMILES string of the molecule is C=C(CC)COc1cc(C(C)C)ccc1C. The molecule has 16 heavy (non-hydrogen) atoms. The molecule has 0 aliphatic carbocycles. The summed E-state index contributed by atoms with van der Waals surface area (Å²) in [5.41, 5.74) is 3.64. The molecule has 0 aliphatic rings. The van der Waals surface area contributed by atoms with Crippen LogP contribution < -0.4 is 4.74 Å². The van der Waals surface area contributed by atoms with Crippen LogP contribution in [0.3, 0.4) is 0 Å². The van der Waals surface area contributed by atoms with Gasteiger partial charge in [-0.25, -0.2) is 0 Å². The number of rotatable bonds is 5. The third-order valence-electron chi connectivity index (χ3n) is 2.81. The normalized spacial score (nSPS) is 10.6. The molecule has 0 amide bonds. The molecule has 1 aromatic carbocycles. The van der Waals surface area contributed by atoms with Gasteiger partial charge in [-0.3, -0.25) is 0 Å². The molecule has 1 rings (SSSR count). The Bertz CT molecular complexity index is 364. The van der Waals surface area contributed by atoms with Gasteiger partial charge in [-0.2, -0.15) is 0 Å². The first-order valence-corrected chi connectivity index (χ1v) is 5.94. The topological polar surface area (TPSA) is 9.23 Å². The monoisotopic (exact) mass is 218 g/mol. The Labute approximate surface area is 99.1 Å². The number of hydrogen-bond donors (Lipinski definition) is 0. The van der Waals surface area contributed by atoms with Crippen molar-refractivity contribution in [2.75, 3.05) is 6.61 Å². The zero-order valence-corrected chi connectivity index (χ0v) is 10.8. The molecule has 1 nitrogen and oxygen atoms in total. The van der Waals surface area contributed by atoms with Crippen molar-refractivity contribution < 1.29 is 4.74 Å². The van der Waals surface area contributed by atoms with Crippen molar-refractivity contribution in [3.63, 3.8) is 0 Å². The van der Waals surface area contributed by atoms with E-state index in [4.69, 9.17) is 4.74 Å². The van der Waals surface area contributed by atoms with Gasteiger partial charge in [0.2, 0.25) is 0 Å². The Morgan fingerprint density at radius 1 is 1.38 bits per heavy atom. The average molecular weight is 218 g/mol. The summed E-state index contributed by atoms with van der Waals surface area (Å²) < 4.78 is 5.78. The fourth-order valence-electron chi connectivity index (χ4n) is 1.41. The van der Waals surface area contributed by atoms with Gasteiger partial charge in [-0.1, -0.05) is 39.5 Å². The summed E-state index contributed by atoms with van der Waals surface area (Å²) in [5, 5.41) is 0. The summed E-state index contributed by atoms with van der Waals surface area (Å²) in [7, 11) is 0. The van der Waals surface area contributed by atoms with Crippen LogP contribution in [0.25, 0.3) is 0 Å². The van der Waals surface area contributed by atoms with Crippen molar-refractivity contribution in [2.45, 2.75) is 40.0 Å². The molecule has 0 N–H and O–H groups in total. The third-order valence-corrected chi connectivity index (χ3v) is 2.81. The van der Waals surface area contributed by atoms with Gasteiger partial charge in [0.25, 0.3) is 0 Å². The minimum atomic E-state index is 0.539. The van der Waals surface area contributed by atoms with E-state index in [0.29, 0.717) is 12.5 Å². The smallest absolute Gasteiger partial charge is 0.122 e. The number of benzene rings is 1. The molecule has 0 atom stereocenters. The summed E-state index contributed by atoms with van der Waals surface area (Å²) in [4.78, 5) is 0. The molecule has 0 radical (unpaired) electrons. The van der Waals surface area contributed by atoms with Gasteiger partial charge in [-0.05, 0) is 42.0 Å². The summed E-state index contributed by atoms with van der Waals surface area (Å²) in [5.74, 6) is 1.53. The molecule has 0 fully saturated rings. The van der Waals surface area contributed by atoms with Gasteiger partial charge >= 0.3 is 0 Å². The summed E-state index contributed by atoms with van der Waals surface area (Å²) in [6.45, 7) is 13.1. The fraction of sp³-hybridized carbons (Fsp3) is 0.467. The quantitative estimate of drug-likeness (QED) is 0.663. The molecule has 0 aliphatic heterocycles. The highest BCUT2D eigenvalue weighted by molar-refractivity contribution is 5.38. The second-order valence-electron chi connectivity index (χ2n) is 4.57. The highest BCUT2D eigenvalue weighted by Gasteiger charge is 2.04. The first-order chi connectivity index (χ1) is 7.54. The zero-order chi connectivity index (χ0) is 12.1. The van der Waals surface area contributed by atoms with Gasteiger partial charge in [0.1, 0.15) is 12.4 Å². The molecule has 0 saturated carbocycles. The lowest BCUT2D eigenvalue weighted by Gasteiger charge is -2.13. The molecule has 1 aromatic rings. The predicted octanol–water partition coefficient (Wildman–Crippen LogP) is 4.46. The molecule has 0 aromatic heterocycles. The van der Waals surface area contributed by atoms with Crippen LogP contribution in [0.4, 0.5) is 0 Å². The van der Waals surface area contributed by atoms with Crippen LogP contribution in [0.15, 0.2) is 30.4 Å². The van der Waals surface area contributed by atoms with Crippen molar-refractivity contribution in [2.24, 2.45) is 0 Å². The van der Waals surface area contributed by atoms with Crippen LogP contribution in [0, 0.1) is 6.92 Å². The molecule has 0 bridgehead atoms. The van der Waals surface area contributed by atoms with E-state index in [1.165, 1.54) is 11.1 Å². The first kappa shape index (κ1) is 12.8. The van der Waals surface area contributed by atoms with Gasteiger partial charge in [0.05, 0.1) is 0 Å². The molecule has 0 unspecified atom stereocenters. The van der Waals surface area contributed by atoms with E-state index in [9.17, 15) is 0 Å². The summed E-state index contributed by atoms with van der Waals surface area (Å²) in [6.07, 6.45) is 0.975. The lowest BCUT2D eigenvalue weighted by Crippen LogP contribution is -2.01. The van der Waals surface area contributed by atoms with E-state index < -0.39 is 0 Å². The van der Waals surface area contributed by atoms with Crippen molar-refractivity contribution >= 4 is 0 Å². The van der Waals surface area contributed by atoms with Crippen LogP contribution >= 0.6 is 0 Å². The average Bonchev–Trinajstić information content (AvgIpc) is 2.27. The molecule has 0 saturated heterocycles. The summed E-state index contributed by atoms with van der Waals surface area (Å²) >= 11 is 0. The second-order valence-corrected chi connectivity index (χ2v) is 4.57. The standard InChI is InChI=1S/C15H22O/c1-6-12(4)10-16-15-9-14(11(2)3)8-7-13(15)5/h7-9,11H,4,6,10H2,1-3,5H3. The number of aryl methyl sites for hydroxylation is 1. The third kappa shape index (κ3) is 3.41. The molecule has 0 spiro atoms.